The number of nitrogens with one attached hydrogen (secondary N) is 1. The van der Waals surface area contributed by atoms with Crippen LogP contribution in [0.25, 0.3) is 0 Å². The van der Waals surface area contributed by atoms with Gasteiger partial charge in [0, 0.05) is 18.0 Å². The summed E-state index contributed by atoms with van der Waals surface area (Å²) in [6.45, 7) is 0.0938. The lowest BCUT2D eigenvalue weighted by atomic mass is 9.73. The molecule has 120 valence electrons. The van der Waals surface area contributed by atoms with Gasteiger partial charge in [0.25, 0.3) is 0 Å². The maximum atomic E-state index is 9.87. The van der Waals surface area contributed by atoms with Gasteiger partial charge in [0.15, 0.2) is 0 Å². The number of rotatable bonds is 4. The van der Waals surface area contributed by atoms with Crippen LogP contribution in [0.2, 0.25) is 0 Å². The van der Waals surface area contributed by atoms with Crippen molar-refractivity contribution in [2.75, 3.05) is 6.61 Å². The molecule has 4 rings (SSSR count). The minimum absolute atomic E-state index is 0.00269. The quantitative estimate of drug-likeness (QED) is 0.903. The molecule has 0 aromatic heterocycles. The fourth-order valence-electron chi connectivity index (χ4n) is 3.83. The van der Waals surface area contributed by atoms with Crippen molar-refractivity contribution in [2.45, 2.75) is 43.4 Å². The van der Waals surface area contributed by atoms with Gasteiger partial charge in [-0.15, -0.1) is 0 Å². The molecule has 2 unspecified atom stereocenters. The average molecular weight is 309 g/mol. The largest absolute Gasteiger partial charge is 0.487 e. The number of aliphatic hydroxyl groups is 1. The monoisotopic (exact) mass is 309 g/mol. The zero-order valence-electron chi connectivity index (χ0n) is 13.2. The van der Waals surface area contributed by atoms with Gasteiger partial charge in [0.1, 0.15) is 11.4 Å². The van der Waals surface area contributed by atoms with Crippen LogP contribution in [0.1, 0.15) is 48.9 Å². The average Bonchev–Trinajstić information content (AvgIpc) is 2.58. The number of para-hydroxylation sites is 1. The summed E-state index contributed by atoms with van der Waals surface area (Å²) in [5.41, 5.74) is 2.34. The van der Waals surface area contributed by atoms with Crippen molar-refractivity contribution >= 4 is 0 Å². The second-order valence-corrected chi connectivity index (χ2v) is 6.75. The van der Waals surface area contributed by atoms with Crippen molar-refractivity contribution in [1.29, 1.82) is 0 Å². The van der Waals surface area contributed by atoms with Crippen molar-refractivity contribution in [3.63, 3.8) is 0 Å². The fourth-order valence-corrected chi connectivity index (χ4v) is 3.83. The van der Waals surface area contributed by atoms with E-state index in [-0.39, 0.29) is 24.3 Å². The Morgan fingerprint density at radius 3 is 2.52 bits per heavy atom. The normalized spacial score (nSPS) is 22.7. The first-order valence-corrected chi connectivity index (χ1v) is 8.49. The zero-order chi connectivity index (χ0) is 15.7. The van der Waals surface area contributed by atoms with Gasteiger partial charge in [-0.05, 0) is 30.9 Å². The van der Waals surface area contributed by atoms with Gasteiger partial charge in [-0.2, -0.15) is 0 Å². The van der Waals surface area contributed by atoms with Gasteiger partial charge in [-0.1, -0.05) is 48.5 Å². The third-order valence-electron chi connectivity index (χ3n) is 5.25. The van der Waals surface area contributed by atoms with Crippen LogP contribution in [0, 0.1) is 0 Å². The van der Waals surface area contributed by atoms with Crippen LogP contribution in [0.15, 0.2) is 54.6 Å². The molecule has 3 heteroatoms. The lowest BCUT2D eigenvalue weighted by Gasteiger charge is -2.48. The zero-order valence-corrected chi connectivity index (χ0v) is 13.2. The summed E-state index contributed by atoms with van der Waals surface area (Å²) in [4.78, 5) is 0. The first-order chi connectivity index (χ1) is 11.3. The molecule has 1 aliphatic heterocycles. The van der Waals surface area contributed by atoms with Crippen LogP contribution in [-0.4, -0.2) is 17.3 Å². The Morgan fingerprint density at radius 2 is 1.83 bits per heavy atom. The molecule has 1 spiro atoms. The Morgan fingerprint density at radius 1 is 1.09 bits per heavy atom. The van der Waals surface area contributed by atoms with Crippen LogP contribution < -0.4 is 10.1 Å². The van der Waals surface area contributed by atoms with Crippen molar-refractivity contribution in [3.8, 4) is 5.75 Å². The Hall–Kier alpha value is -1.84. The minimum atomic E-state index is -0.0514. The van der Waals surface area contributed by atoms with Crippen LogP contribution >= 0.6 is 0 Å². The van der Waals surface area contributed by atoms with E-state index in [1.54, 1.807) is 0 Å². The summed E-state index contributed by atoms with van der Waals surface area (Å²) < 4.78 is 6.30. The Bertz CT molecular complexity index is 666. The molecule has 1 saturated carbocycles. The first kappa shape index (κ1) is 14.7. The highest BCUT2D eigenvalue weighted by Gasteiger charge is 2.45. The van der Waals surface area contributed by atoms with E-state index in [0.29, 0.717) is 0 Å². The summed E-state index contributed by atoms with van der Waals surface area (Å²) >= 11 is 0. The van der Waals surface area contributed by atoms with E-state index in [1.807, 2.05) is 24.3 Å². The van der Waals surface area contributed by atoms with Crippen LogP contribution in [0.4, 0.5) is 0 Å². The van der Waals surface area contributed by atoms with Gasteiger partial charge in [-0.3, -0.25) is 0 Å². The molecular formula is C20H23NO2. The number of hydrogen-bond donors (Lipinski definition) is 2. The second-order valence-electron chi connectivity index (χ2n) is 6.75. The smallest absolute Gasteiger partial charge is 0.124 e. The molecule has 1 heterocycles. The SMILES string of the molecule is OCC(NC1CC2(CCC2)Oc2ccccc21)c1ccccc1. The molecule has 3 nitrogen and oxygen atoms in total. The molecular weight excluding hydrogens is 286 g/mol. The number of hydrogen-bond acceptors (Lipinski definition) is 3. The van der Waals surface area contributed by atoms with Crippen molar-refractivity contribution < 1.29 is 9.84 Å². The second kappa shape index (κ2) is 5.99. The highest BCUT2D eigenvalue weighted by molar-refractivity contribution is 5.39. The maximum absolute atomic E-state index is 9.87. The molecule has 0 amide bonds. The predicted molar refractivity (Wildman–Crippen MR) is 90.4 cm³/mol. The van der Waals surface area contributed by atoms with Gasteiger partial charge in [0.05, 0.1) is 12.6 Å². The van der Waals surface area contributed by atoms with E-state index in [4.69, 9.17) is 4.74 Å². The molecule has 0 bridgehead atoms. The highest BCUT2D eigenvalue weighted by Crippen LogP contribution is 2.49. The molecule has 2 N–H and O–H groups in total. The third kappa shape index (κ3) is 2.75. The molecule has 2 aliphatic rings. The molecule has 1 aliphatic carbocycles. The number of fused-ring (bicyclic) bond motifs is 1. The van der Waals surface area contributed by atoms with E-state index in [0.717, 1.165) is 30.6 Å². The lowest BCUT2D eigenvalue weighted by molar-refractivity contribution is -0.0387. The molecule has 23 heavy (non-hydrogen) atoms. The maximum Gasteiger partial charge on any atom is 0.124 e. The molecule has 2 aromatic rings. The number of ether oxygens (including phenoxy) is 1. The van der Waals surface area contributed by atoms with E-state index < -0.39 is 0 Å². The molecule has 1 fully saturated rings. The van der Waals surface area contributed by atoms with Gasteiger partial charge in [-0.25, -0.2) is 0 Å². The highest BCUT2D eigenvalue weighted by atomic mass is 16.5. The summed E-state index contributed by atoms with van der Waals surface area (Å²) in [7, 11) is 0. The van der Waals surface area contributed by atoms with E-state index >= 15 is 0 Å². The van der Waals surface area contributed by atoms with Crippen molar-refractivity contribution in [1.82, 2.24) is 5.32 Å². The fraction of sp³-hybridized carbons (Fsp3) is 0.400. The van der Waals surface area contributed by atoms with Gasteiger partial charge in [0.2, 0.25) is 0 Å². The summed E-state index contributed by atoms with van der Waals surface area (Å²) in [5.74, 6) is 1.00. The van der Waals surface area contributed by atoms with Crippen LogP contribution in [0.3, 0.4) is 0 Å². The van der Waals surface area contributed by atoms with Crippen molar-refractivity contribution in [2.24, 2.45) is 0 Å². The molecule has 2 aromatic carbocycles. The standard InChI is InChI=1S/C20H23NO2/c22-14-18(15-7-2-1-3-8-15)21-17-13-20(11-6-12-20)23-19-10-5-4-9-16(17)19/h1-5,7-10,17-18,21-22H,6,11-14H2. The third-order valence-corrected chi connectivity index (χ3v) is 5.25. The first-order valence-electron chi connectivity index (χ1n) is 8.49. The van der Waals surface area contributed by atoms with Crippen LogP contribution in [0.5, 0.6) is 5.75 Å². The van der Waals surface area contributed by atoms with Crippen LogP contribution in [-0.2, 0) is 0 Å². The van der Waals surface area contributed by atoms with Gasteiger partial charge < -0.3 is 15.2 Å². The lowest BCUT2D eigenvalue weighted by Crippen LogP contribution is -2.49. The molecule has 0 radical (unpaired) electrons. The van der Waals surface area contributed by atoms with Crippen molar-refractivity contribution in [3.05, 3.63) is 65.7 Å². The van der Waals surface area contributed by atoms with E-state index in [2.05, 4.69) is 35.6 Å². The number of benzene rings is 2. The van der Waals surface area contributed by atoms with E-state index in [9.17, 15) is 5.11 Å². The molecule has 2 atom stereocenters. The number of aliphatic hydroxyl groups excluding tert-OH is 1. The Labute approximate surface area is 137 Å². The Balaban J connectivity index is 1.62. The van der Waals surface area contributed by atoms with E-state index in [1.165, 1.54) is 12.0 Å². The van der Waals surface area contributed by atoms with Gasteiger partial charge >= 0.3 is 0 Å². The summed E-state index contributed by atoms with van der Waals surface area (Å²) in [6.07, 6.45) is 4.49. The molecule has 0 saturated heterocycles. The topological polar surface area (TPSA) is 41.5 Å². The summed E-state index contributed by atoms with van der Waals surface area (Å²) in [5, 5.41) is 13.5. The Kier molecular flexibility index (Phi) is 3.83. The predicted octanol–water partition coefficient (Wildman–Crippen LogP) is 3.76. The minimum Gasteiger partial charge on any atom is -0.487 e. The summed E-state index contributed by atoms with van der Waals surface area (Å²) in [6, 6.07) is 18.7.